The first-order valence-corrected chi connectivity index (χ1v) is 44.8. The van der Waals surface area contributed by atoms with Gasteiger partial charge in [-0.05, 0) is 239 Å². The van der Waals surface area contributed by atoms with E-state index in [4.69, 9.17) is 47.4 Å². The number of carbonyl (C=O) groups is 11. The standard InChI is InChI=1S/C24H30F2O6.C23H28F2O6.C21H27F7O5.C20H26F2O6/c1-3-24(12-5-10-4-11(7-12)8-13(24)6-10)32-21(28)17-15-9-14-16(17)20(27)30-18(14)19(15)31-22(29)23(2,25)26;1-22(11-4-9-3-10(6-11)7-12(22)5-9)31-20(27)16-14-8-13-15(16)19(26)29-17(13)18(14)30-21(28)23(2,24)25;1-3-31-16(30)20(21(26,27)28,32-5-4-19(24,25)17(2,22)23)33-15(29)18-9-12-6-13(10-18)8-14(7-12)11-18;1-3-20(7-5-4-6-8-20)28-17(24)13-11-9-10-12(13)16(23)26-14(10)15(11)27-18(25)19(2,21)22/h10-19H,3-9H2,1-2H3;9-18H,3-8H2,1-2H3;12-14H,3-11H2,1-2H3;10-15H,3-9H2,1-2H3. The summed E-state index contributed by atoms with van der Waals surface area (Å²) in [5, 5.41) is 0. The number of esters is 11. The topological polar surface area (TPSA) is 299 Å². The second kappa shape index (κ2) is 31.8. The molecule has 3 saturated heterocycles. The molecule has 0 aromatic rings. The molecule has 19 atom stereocenters. The van der Waals surface area contributed by atoms with Gasteiger partial charge in [0.2, 0.25) is 0 Å². The monoisotopic (exact) mass is 1780 g/mol. The van der Waals surface area contributed by atoms with E-state index < -0.39 is 239 Å². The van der Waals surface area contributed by atoms with Gasteiger partial charge in [-0.1, -0.05) is 20.3 Å². The predicted molar refractivity (Wildman–Crippen MR) is 395 cm³/mol. The summed E-state index contributed by atoms with van der Waals surface area (Å²) < 4.78 is 240. The summed E-state index contributed by atoms with van der Waals surface area (Å²) in [7, 11) is 0. The second-order valence-corrected chi connectivity index (χ2v) is 40.9. The van der Waals surface area contributed by atoms with Crippen molar-refractivity contribution in [1.82, 2.24) is 0 Å². The lowest BCUT2D eigenvalue weighted by atomic mass is 9.49. The Hall–Kier alpha value is -6.78. The van der Waals surface area contributed by atoms with Crippen LogP contribution in [0, 0.1) is 142 Å². The minimum Gasteiger partial charge on any atom is -0.461 e. The molecule has 3 heterocycles. The zero-order valence-electron chi connectivity index (χ0n) is 70.6. The van der Waals surface area contributed by atoms with Crippen molar-refractivity contribution in [2.24, 2.45) is 142 Å². The average molecular weight is 1780 g/mol. The first-order valence-electron chi connectivity index (χ1n) is 44.8. The molecule has 124 heavy (non-hydrogen) atoms. The lowest BCUT2D eigenvalue weighted by Gasteiger charge is -2.60. The van der Waals surface area contributed by atoms with Gasteiger partial charge in [-0.2, -0.15) is 48.3 Å². The van der Waals surface area contributed by atoms with Crippen LogP contribution < -0.4 is 0 Å². The van der Waals surface area contributed by atoms with Gasteiger partial charge in [0.15, 0.2) is 0 Å². The third-order valence-electron chi connectivity index (χ3n) is 33.4. The van der Waals surface area contributed by atoms with Crippen LogP contribution in [0.4, 0.5) is 57.1 Å². The van der Waals surface area contributed by atoms with Crippen molar-refractivity contribution < 1.29 is 167 Å². The molecule has 36 heteroatoms. The van der Waals surface area contributed by atoms with Gasteiger partial charge in [0.25, 0.3) is 0 Å². The maximum Gasteiger partial charge on any atom is 0.468 e. The van der Waals surface area contributed by atoms with Crippen LogP contribution in [0.25, 0.3) is 0 Å². The summed E-state index contributed by atoms with van der Waals surface area (Å²) in [5.74, 6) is -37.8. The van der Waals surface area contributed by atoms with Crippen molar-refractivity contribution in [3.05, 3.63) is 0 Å². The largest absolute Gasteiger partial charge is 0.468 e. The van der Waals surface area contributed by atoms with Crippen LogP contribution in [0.2, 0.25) is 0 Å². The van der Waals surface area contributed by atoms with Gasteiger partial charge in [-0.3, -0.25) is 33.6 Å². The normalized spacial score (nSPS) is 42.6. The Balaban J connectivity index is 0.000000122. The molecule has 18 bridgehead atoms. The van der Waals surface area contributed by atoms with Gasteiger partial charge in [0, 0.05) is 69.6 Å². The molecule has 0 amide bonds. The molecule has 19 unspecified atom stereocenters. The van der Waals surface area contributed by atoms with Gasteiger partial charge < -0.3 is 56.8 Å². The van der Waals surface area contributed by atoms with E-state index in [2.05, 4.69) is 16.4 Å². The van der Waals surface area contributed by atoms with Gasteiger partial charge in [0.1, 0.15) is 53.4 Å². The van der Waals surface area contributed by atoms with Crippen LogP contribution in [0.1, 0.15) is 229 Å². The van der Waals surface area contributed by atoms with Crippen molar-refractivity contribution in [3.8, 4) is 0 Å². The van der Waals surface area contributed by atoms with Crippen molar-refractivity contribution in [2.45, 2.75) is 324 Å². The third-order valence-corrected chi connectivity index (χ3v) is 33.4. The molecular weight excluding hydrogens is 1670 g/mol. The smallest absolute Gasteiger partial charge is 0.461 e. The molecule has 19 saturated carbocycles. The van der Waals surface area contributed by atoms with E-state index in [-0.39, 0.29) is 42.4 Å². The zero-order valence-corrected chi connectivity index (χ0v) is 70.6. The minimum atomic E-state index is -5.71. The van der Waals surface area contributed by atoms with Gasteiger partial charge in [-0.15, -0.1) is 0 Å². The highest BCUT2D eigenvalue weighted by atomic mass is 19.4. The van der Waals surface area contributed by atoms with E-state index in [0.717, 1.165) is 133 Å². The Bertz CT molecular complexity index is 4110. The summed E-state index contributed by atoms with van der Waals surface area (Å²) in [5.41, 5.74) is -2.81. The van der Waals surface area contributed by atoms with Crippen LogP contribution in [0.5, 0.6) is 0 Å². The number of hydrogen-bond acceptors (Lipinski definition) is 23. The SMILES string of the molecule is CC(F)(F)C(=O)OC1C2CC3C1OC(=O)C3C2C(=O)OC1(C)C2CC3CC(C2)CC1C3.CCC1(OC(=O)C2C3CC4C(OC(=O)C42)C3OC(=O)C(C)(F)F)C2CC3CC(C2)CC1C3.CCC1(OC(=O)C2C3CC4C(OC(=O)C42)C3OC(=O)C(C)(F)F)CCCCC1.CCOC(=O)C(OCCC(F)(F)C(C)(F)F)(OC(=O)C12CC3CC(CC(C3)C1)C2)C(F)(F)F. The molecule has 0 aromatic heterocycles. The van der Waals surface area contributed by atoms with Crippen LogP contribution >= 0.6 is 0 Å². The Kier molecular flexibility index (Phi) is 23.2. The molecule has 0 aromatic carbocycles. The van der Waals surface area contributed by atoms with Gasteiger partial charge >= 0.3 is 107 Å². The second-order valence-electron chi connectivity index (χ2n) is 40.9. The van der Waals surface area contributed by atoms with E-state index in [1.807, 2.05) is 13.8 Å². The summed E-state index contributed by atoms with van der Waals surface area (Å²) in [4.78, 5) is 139. The average Bonchev–Trinajstić information content (AvgIpc) is 1.53. The summed E-state index contributed by atoms with van der Waals surface area (Å²) in [6.07, 6.45) is 9.31. The third kappa shape index (κ3) is 15.5. The van der Waals surface area contributed by atoms with E-state index in [1.54, 1.807) is 0 Å². The van der Waals surface area contributed by atoms with E-state index in [1.165, 1.54) is 19.8 Å². The Morgan fingerprint density at radius 3 is 1.11 bits per heavy atom. The predicted octanol–water partition coefficient (Wildman–Crippen LogP) is 14.9. The number of fused-ring (bicyclic) bond motifs is 3. The van der Waals surface area contributed by atoms with E-state index >= 15 is 0 Å². The van der Waals surface area contributed by atoms with Crippen LogP contribution in [0.3, 0.4) is 0 Å². The number of rotatable bonds is 23. The van der Waals surface area contributed by atoms with Crippen molar-refractivity contribution in [3.63, 3.8) is 0 Å². The number of carbonyl (C=O) groups excluding carboxylic acids is 11. The number of halogens is 13. The summed E-state index contributed by atoms with van der Waals surface area (Å²) in [6, 6.07) is 0. The summed E-state index contributed by atoms with van der Waals surface area (Å²) >= 11 is 0. The molecular formula is C88H111F13O23. The van der Waals surface area contributed by atoms with E-state index in [0.29, 0.717) is 89.4 Å². The molecule has 0 spiro atoms. The fourth-order valence-corrected chi connectivity index (χ4v) is 28.5. The lowest BCUT2D eigenvalue weighted by molar-refractivity contribution is -0.361. The fourth-order valence-electron chi connectivity index (χ4n) is 28.5. The van der Waals surface area contributed by atoms with Crippen LogP contribution in [-0.2, 0) is 110 Å². The van der Waals surface area contributed by atoms with Crippen molar-refractivity contribution in [2.75, 3.05) is 13.2 Å². The molecule has 3 aliphatic heterocycles. The molecule has 0 radical (unpaired) electrons. The Labute approximate surface area is 708 Å². The molecule has 22 fully saturated rings. The molecule has 19 aliphatic carbocycles. The lowest BCUT2D eigenvalue weighted by Crippen LogP contribution is -2.61. The quantitative estimate of drug-likeness (QED) is 0.0397. The maximum absolute atomic E-state index is 14.1. The Morgan fingerprint density at radius 1 is 0.419 bits per heavy atom. The molecule has 22 aliphatic rings. The Morgan fingerprint density at radius 2 is 0.774 bits per heavy atom. The first-order chi connectivity index (χ1) is 57.9. The summed E-state index contributed by atoms with van der Waals surface area (Å²) in [6.45, 7) is 6.41. The molecule has 22 rings (SSSR count). The van der Waals surface area contributed by atoms with Gasteiger partial charge in [0.05, 0.1) is 54.1 Å². The number of ether oxygens (including phenoxy) is 12. The molecule has 0 N–H and O–H groups in total. The van der Waals surface area contributed by atoms with Gasteiger partial charge in [-0.25, -0.2) is 28.0 Å². The highest BCUT2D eigenvalue weighted by Crippen LogP contribution is 2.68. The molecule has 692 valence electrons. The minimum absolute atomic E-state index is 0.0948. The zero-order chi connectivity index (χ0) is 89.6. The van der Waals surface area contributed by atoms with Crippen LogP contribution in [-0.4, -0.2) is 174 Å². The fraction of sp³-hybridized carbons (Fsp3) is 0.875. The van der Waals surface area contributed by atoms with Crippen LogP contribution in [0.15, 0.2) is 0 Å². The highest BCUT2D eigenvalue weighted by molar-refractivity contribution is 5.90. The molecule has 23 nitrogen and oxygen atoms in total. The van der Waals surface area contributed by atoms with E-state index in [9.17, 15) is 110 Å². The highest BCUT2D eigenvalue weighted by Gasteiger charge is 2.76. The maximum atomic E-state index is 14.1. The number of hydrogen-bond donors (Lipinski definition) is 0. The van der Waals surface area contributed by atoms with Crippen molar-refractivity contribution >= 4 is 65.7 Å². The van der Waals surface area contributed by atoms with Crippen molar-refractivity contribution in [1.29, 1.82) is 0 Å². The number of alkyl halides is 13. The first kappa shape index (κ1) is 90.6.